The Morgan fingerprint density at radius 1 is 1.16 bits per heavy atom. The van der Waals surface area contributed by atoms with E-state index in [9.17, 15) is 14.4 Å². The number of halogens is 1. The lowest BCUT2D eigenvalue weighted by Crippen LogP contribution is -2.47. The molecule has 0 spiro atoms. The molecule has 2 heterocycles. The highest BCUT2D eigenvalue weighted by Crippen LogP contribution is 2.39. The van der Waals surface area contributed by atoms with E-state index in [2.05, 4.69) is 55.2 Å². The van der Waals surface area contributed by atoms with Gasteiger partial charge in [0.15, 0.2) is 8.32 Å². The molecule has 2 aromatic carbocycles. The summed E-state index contributed by atoms with van der Waals surface area (Å²) in [5.74, 6) is -0.660. The summed E-state index contributed by atoms with van der Waals surface area (Å²) in [5.41, 5.74) is 3.54. The van der Waals surface area contributed by atoms with Crippen LogP contribution in [0.1, 0.15) is 55.2 Å². The number of hydrogen-bond donors (Lipinski definition) is 1. The molecule has 1 amide bonds. The van der Waals surface area contributed by atoms with Crippen molar-refractivity contribution < 1.29 is 13.6 Å². The van der Waals surface area contributed by atoms with Crippen LogP contribution in [0.5, 0.6) is 0 Å². The van der Waals surface area contributed by atoms with E-state index in [4.69, 9.17) is 4.43 Å². The Morgan fingerprint density at radius 3 is 2.42 bits per heavy atom. The molecule has 0 unspecified atom stereocenters. The summed E-state index contributed by atoms with van der Waals surface area (Å²) < 4.78 is 21.4. The van der Waals surface area contributed by atoms with Gasteiger partial charge in [-0.1, -0.05) is 20.8 Å². The summed E-state index contributed by atoms with van der Waals surface area (Å²) in [6, 6.07) is 13.6. The highest BCUT2D eigenvalue weighted by atomic mass is 28.4. The number of carbonyl (C=O) groups excluding carboxylic acids is 1. The van der Waals surface area contributed by atoms with E-state index in [-0.39, 0.29) is 22.9 Å². The van der Waals surface area contributed by atoms with Gasteiger partial charge < -0.3 is 14.6 Å². The Hall–Kier alpha value is -3.48. The molecule has 0 radical (unpaired) electrons. The molecule has 9 heteroatoms. The average molecular weight is 534 g/mol. The minimum atomic E-state index is -1.82. The fourth-order valence-corrected chi connectivity index (χ4v) is 5.82. The number of nitrogens with zero attached hydrogens (tertiary/aromatic N) is 4. The molecule has 1 aliphatic heterocycles. The Labute approximate surface area is 225 Å². The maximum Gasteiger partial charge on any atom is 0.259 e. The quantitative estimate of drug-likeness (QED) is 0.369. The number of rotatable bonds is 6. The van der Waals surface area contributed by atoms with Crippen molar-refractivity contribution in [3.8, 4) is 11.8 Å². The molecule has 0 aliphatic carbocycles. The summed E-state index contributed by atoms with van der Waals surface area (Å²) in [6.07, 6.45) is 3.71. The molecule has 3 aromatic rings. The fraction of sp³-hybridized carbons (Fsp3) is 0.414. The van der Waals surface area contributed by atoms with Crippen LogP contribution < -0.4 is 10.2 Å². The molecule has 0 saturated carbocycles. The second-order valence-corrected chi connectivity index (χ2v) is 16.2. The largest absolute Gasteiger partial charge is 0.414 e. The minimum absolute atomic E-state index is 0.177. The maximum absolute atomic E-state index is 13.3. The molecular weight excluding hydrogens is 497 g/mol. The zero-order valence-electron chi connectivity index (χ0n) is 23.0. The number of carbonyl (C=O) groups is 1. The molecule has 7 nitrogen and oxygen atoms in total. The normalized spacial score (nSPS) is 14.8. The number of aryl methyl sites for hydroxylation is 1. The van der Waals surface area contributed by atoms with Crippen LogP contribution in [-0.2, 0) is 4.43 Å². The van der Waals surface area contributed by atoms with Crippen LogP contribution in [0.2, 0.25) is 18.1 Å². The van der Waals surface area contributed by atoms with E-state index in [1.54, 1.807) is 36.0 Å². The Kier molecular flexibility index (Phi) is 7.77. The van der Waals surface area contributed by atoms with Crippen LogP contribution in [-0.4, -0.2) is 43.2 Å². The van der Waals surface area contributed by atoms with Crippen molar-refractivity contribution in [2.24, 2.45) is 0 Å². The van der Waals surface area contributed by atoms with E-state index >= 15 is 0 Å². The highest BCUT2D eigenvalue weighted by Gasteiger charge is 2.39. The van der Waals surface area contributed by atoms with Gasteiger partial charge in [-0.2, -0.15) is 10.4 Å². The number of anilines is 2. The molecule has 1 fully saturated rings. The van der Waals surface area contributed by atoms with Crippen molar-refractivity contribution in [3.05, 3.63) is 71.3 Å². The van der Waals surface area contributed by atoms with Crippen LogP contribution in [0.3, 0.4) is 0 Å². The third-order valence-corrected chi connectivity index (χ3v) is 12.2. The van der Waals surface area contributed by atoms with Gasteiger partial charge in [0.1, 0.15) is 11.9 Å². The van der Waals surface area contributed by atoms with E-state index < -0.39 is 8.32 Å². The van der Waals surface area contributed by atoms with Crippen molar-refractivity contribution in [1.29, 1.82) is 5.26 Å². The van der Waals surface area contributed by atoms with Gasteiger partial charge in [-0.15, -0.1) is 0 Å². The summed E-state index contributed by atoms with van der Waals surface area (Å²) in [5, 5.41) is 17.3. The summed E-state index contributed by atoms with van der Waals surface area (Å²) >= 11 is 0. The number of benzene rings is 2. The zero-order chi connectivity index (χ0) is 27.7. The SMILES string of the molecule is Cc1nn(-c2ccc(F)cc2)cc1C(=O)Nc1ccc(N2CCC(O[Si](C)(C)C(C)(C)C)CC2)c(C#N)c1. The summed E-state index contributed by atoms with van der Waals surface area (Å²) in [6.45, 7) is 14.7. The number of hydrogen-bond acceptors (Lipinski definition) is 5. The molecule has 0 atom stereocenters. The van der Waals surface area contributed by atoms with Gasteiger partial charge >= 0.3 is 0 Å². The van der Waals surface area contributed by atoms with Gasteiger partial charge in [0.25, 0.3) is 5.91 Å². The van der Waals surface area contributed by atoms with Crippen LogP contribution >= 0.6 is 0 Å². The monoisotopic (exact) mass is 533 g/mol. The Balaban J connectivity index is 1.42. The zero-order valence-corrected chi connectivity index (χ0v) is 24.0. The fourth-order valence-electron chi connectivity index (χ4n) is 4.39. The van der Waals surface area contributed by atoms with Gasteiger partial charge in [0.05, 0.1) is 28.2 Å². The standard InChI is InChI=1S/C29H36FN5O2Si/c1-20-26(19-35(33-20)24-10-7-22(30)8-11-24)28(36)32-23-9-12-27(21(17-23)18-31)34-15-13-25(14-16-34)37-38(5,6)29(2,3)4/h7-12,17,19,25H,13-16H2,1-6H3,(H,32,36). The smallest absolute Gasteiger partial charge is 0.259 e. The maximum atomic E-state index is 13.3. The molecule has 0 bridgehead atoms. The lowest BCUT2D eigenvalue weighted by atomic mass is 10.0. The van der Waals surface area contributed by atoms with Crippen LogP contribution in [0.4, 0.5) is 15.8 Å². The van der Waals surface area contributed by atoms with Gasteiger partial charge in [0.2, 0.25) is 0 Å². The van der Waals surface area contributed by atoms with Crippen LogP contribution in [0.25, 0.3) is 5.69 Å². The van der Waals surface area contributed by atoms with E-state index in [0.29, 0.717) is 28.2 Å². The first-order valence-electron chi connectivity index (χ1n) is 13.0. The van der Waals surface area contributed by atoms with Gasteiger partial charge in [-0.3, -0.25) is 4.79 Å². The molecular formula is C29H36FN5O2Si. The van der Waals surface area contributed by atoms with Crippen molar-refractivity contribution >= 4 is 25.6 Å². The highest BCUT2D eigenvalue weighted by molar-refractivity contribution is 6.74. The second-order valence-electron chi connectivity index (χ2n) is 11.4. The predicted molar refractivity (Wildman–Crippen MR) is 151 cm³/mol. The van der Waals surface area contributed by atoms with Crippen LogP contribution in [0.15, 0.2) is 48.7 Å². The average Bonchev–Trinajstić information content (AvgIpc) is 3.25. The van der Waals surface area contributed by atoms with Crippen molar-refractivity contribution in [2.45, 2.75) is 64.8 Å². The lowest BCUT2D eigenvalue weighted by Gasteiger charge is -2.42. The van der Waals surface area contributed by atoms with Gasteiger partial charge in [0, 0.05) is 31.1 Å². The Morgan fingerprint density at radius 2 is 1.82 bits per heavy atom. The third kappa shape index (κ3) is 5.98. The molecule has 200 valence electrons. The first kappa shape index (κ1) is 27.5. The number of nitrogens with one attached hydrogen (secondary N) is 1. The lowest BCUT2D eigenvalue weighted by molar-refractivity contribution is 0.102. The molecule has 1 saturated heterocycles. The van der Waals surface area contributed by atoms with Crippen LogP contribution in [0, 0.1) is 24.1 Å². The summed E-state index contributed by atoms with van der Waals surface area (Å²) in [4.78, 5) is 15.2. The molecule has 38 heavy (non-hydrogen) atoms. The molecule has 1 aromatic heterocycles. The van der Waals surface area contributed by atoms with Crippen molar-refractivity contribution in [1.82, 2.24) is 9.78 Å². The van der Waals surface area contributed by atoms with E-state index in [0.717, 1.165) is 31.6 Å². The topological polar surface area (TPSA) is 83.2 Å². The van der Waals surface area contributed by atoms with Gasteiger partial charge in [-0.25, -0.2) is 9.07 Å². The summed E-state index contributed by atoms with van der Waals surface area (Å²) in [7, 11) is -1.82. The second kappa shape index (κ2) is 10.7. The molecule has 1 aliphatic rings. The minimum Gasteiger partial charge on any atom is -0.414 e. The van der Waals surface area contributed by atoms with E-state index in [1.165, 1.54) is 12.1 Å². The van der Waals surface area contributed by atoms with Gasteiger partial charge in [-0.05, 0) is 80.4 Å². The number of aromatic nitrogens is 2. The number of piperidine rings is 1. The van der Waals surface area contributed by atoms with E-state index in [1.807, 2.05) is 12.1 Å². The first-order chi connectivity index (χ1) is 17.9. The Bertz CT molecular complexity index is 1350. The predicted octanol–water partition coefficient (Wildman–Crippen LogP) is 6.43. The number of nitriles is 1. The number of amides is 1. The van der Waals surface area contributed by atoms with Crippen molar-refractivity contribution in [3.63, 3.8) is 0 Å². The van der Waals surface area contributed by atoms with Crippen molar-refractivity contribution in [2.75, 3.05) is 23.3 Å². The third-order valence-electron chi connectivity index (χ3n) is 7.66. The molecule has 1 N–H and O–H groups in total. The molecule has 4 rings (SSSR count). The first-order valence-corrected chi connectivity index (χ1v) is 15.9.